The Morgan fingerprint density at radius 3 is 2.40 bits per heavy atom. The van der Waals surface area contributed by atoms with Crippen LogP contribution in [0.15, 0.2) is 48.5 Å². The van der Waals surface area contributed by atoms with Crippen molar-refractivity contribution in [2.75, 3.05) is 11.9 Å². The quantitative estimate of drug-likeness (QED) is 0.687. The van der Waals surface area contributed by atoms with Gasteiger partial charge in [0, 0.05) is 36.5 Å². The van der Waals surface area contributed by atoms with Gasteiger partial charge in [-0.1, -0.05) is 6.07 Å². The summed E-state index contributed by atoms with van der Waals surface area (Å²) in [5, 5.41) is 20.0. The number of aromatic hydroxyl groups is 1. The minimum atomic E-state index is -0.521. The predicted molar refractivity (Wildman–Crippen MR) is 73.9 cm³/mol. The van der Waals surface area contributed by atoms with Crippen LogP contribution in [0, 0.1) is 10.1 Å². The smallest absolute Gasteiger partial charge is 0.269 e. The van der Waals surface area contributed by atoms with Gasteiger partial charge in [-0.2, -0.15) is 0 Å². The molecule has 0 radical (unpaired) electrons. The van der Waals surface area contributed by atoms with Crippen LogP contribution < -0.4 is 4.90 Å². The number of hydrogen-bond acceptors (Lipinski definition) is 4. The molecule has 20 heavy (non-hydrogen) atoms. The standard InChI is InChI=1S/C14H12N2O4/c1-15(12-3-2-4-13(17)9-12)14(18)10-5-7-11(8-6-10)16(19)20/h2-9,17H,1H3. The van der Waals surface area contributed by atoms with Gasteiger partial charge in [0.2, 0.25) is 0 Å². The summed E-state index contributed by atoms with van der Waals surface area (Å²) < 4.78 is 0. The molecule has 0 aliphatic heterocycles. The van der Waals surface area contributed by atoms with Crippen LogP contribution in [0.5, 0.6) is 5.75 Å². The summed E-state index contributed by atoms with van der Waals surface area (Å²) in [6.07, 6.45) is 0. The topological polar surface area (TPSA) is 83.7 Å². The van der Waals surface area contributed by atoms with Gasteiger partial charge in [-0.05, 0) is 24.3 Å². The molecule has 2 rings (SSSR count). The number of benzene rings is 2. The Labute approximate surface area is 115 Å². The molecule has 1 amide bonds. The van der Waals surface area contributed by atoms with E-state index in [0.29, 0.717) is 11.3 Å². The molecule has 6 nitrogen and oxygen atoms in total. The fourth-order valence-electron chi connectivity index (χ4n) is 1.74. The number of hydrogen-bond donors (Lipinski definition) is 1. The van der Waals surface area contributed by atoms with Gasteiger partial charge in [-0.25, -0.2) is 0 Å². The van der Waals surface area contributed by atoms with Crippen molar-refractivity contribution in [1.29, 1.82) is 0 Å². The van der Waals surface area contributed by atoms with E-state index < -0.39 is 4.92 Å². The molecule has 102 valence electrons. The second-order valence-electron chi connectivity index (χ2n) is 4.19. The summed E-state index contributed by atoms with van der Waals surface area (Å²) in [5.74, 6) is -0.253. The number of nitro benzene ring substituents is 1. The van der Waals surface area contributed by atoms with Crippen molar-refractivity contribution in [3.05, 3.63) is 64.2 Å². The van der Waals surface area contributed by atoms with E-state index in [0.717, 1.165) is 0 Å². The van der Waals surface area contributed by atoms with Crippen LogP contribution in [-0.2, 0) is 0 Å². The Bertz CT molecular complexity index is 652. The van der Waals surface area contributed by atoms with Gasteiger partial charge in [0.1, 0.15) is 5.75 Å². The largest absolute Gasteiger partial charge is 0.508 e. The Kier molecular flexibility index (Phi) is 3.65. The maximum absolute atomic E-state index is 12.2. The van der Waals surface area contributed by atoms with Crippen LogP contribution in [0.2, 0.25) is 0 Å². The fraction of sp³-hybridized carbons (Fsp3) is 0.0714. The Hall–Kier alpha value is -2.89. The van der Waals surface area contributed by atoms with Crippen LogP contribution in [0.4, 0.5) is 11.4 Å². The van der Waals surface area contributed by atoms with Crippen molar-refractivity contribution >= 4 is 17.3 Å². The van der Waals surface area contributed by atoms with E-state index in [1.54, 1.807) is 19.2 Å². The molecule has 0 fully saturated rings. The molecule has 0 heterocycles. The summed E-state index contributed by atoms with van der Waals surface area (Å²) in [5.41, 5.74) is 0.802. The van der Waals surface area contributed by atoms with E-state index >= 15 is 0 Å². The van der Waals surface area contributed by atoms with Gasteiger partial charge >= 0.3 is 0 Å². The number of nitrogens with zero attached hydrogens (tertiary/aromatic N) is 2. The van der Waals surface area contributed by atoms with Crippen LogP contribution in [0.25, 0.3) is 0 Å². The third kappa shape index (κ3) is 2.74. The second kappa shape index (κ2) is 5.40. The first-order valence-electron chi connectivity index (χ1n) is 5.80. The summed E-state index contributed by atoms with van der Waals surface area (Å²) in [7, 11) is 1.57. The Balaban J connectivity index is 2.24. The molecule has 0 atom stereocenters. The minimum Gasteiger partial charge on any atom is -0.508 e. The normalized spacial score (nSPS) is 10.1. The predicted octanol–water partition coefficient (Wildman–Crippen LogP) is 2.58. The van der Waals surface area contributed by atoms with Gasteiger partial charge in [0.05, 0.1) is 4.92 Å². The van der Waals surface area contributed by atoms with E-state index in [4.69, 9.17) is 0 Å². The first-order chi connectivity index (χ1) is 9.49. The molecule has 2 aromatic rings. The first-order valence-corrected chi connectivity index (χ1v) is 5.80. The zero-order chi connectivity index (χ0) is 14.7. The average Bonchev–Trinajstić information content (AvgIpc) is 2.46. The number of phenols is 1. The van der Waals surface area contributed by atoms with E-state index in [1.165, 1.54) is 41.3 Å². The molecule has 0 aromatic heterocycles. The van der Waals surface area contributed by atoms with Gasteiger partial charge in [-0.3, -0.25) is 14.9 Å². The minimum absolute atomic E-state index is 0.0610. The highest BCUT2D eigenvalue weighted by Gasteiger charge is 2.15. The summed E-state index contributed by atoms with van der Waals surface area (Å²) in [6, 6.07) is 11.6. The lowest BCUT2D eigenvalue weighted by Crippen LogP contribution is -2.26. The third-order valence-corrected chi connectivity index (χ3v) is 2.85. The highest BCUT2D eigenvalue weighted by molar-refractivity contribution is 6.05. The van der Waals surface area contributed by atoms with Gasteiger partial charge in [-0.15, -0.1) is 0 Å². The summed E-state index contributed by atoms with van der Waals surface area (Å²) in [4.78, 5) is 23.6. The molecule has 0 saturated heterocycles. The molecule has 0 bridgehead atoms. The first kappa shape index (κ1) is 13.5. The number of anilines is 1. The number of nitro groups is 1. The SMILES string of the molecule is CN(C(=O)c1ccc([N+](=O)[O-])cc1)c1cccc(O)c1. The van der Waals surface area contributed by atoms with Crippen molar-refractivity contribution in [2.45, 2.75) is 0 Å². The van der Waals surface area contributed by atoms with Crippen LogP contribution in [0.3, 0.4) is 0 Å². The van der Waals surface area contributed by atoms with E-state index in [9.17, 15) is 20.0 Å². The number of rotatable bonds is 3. The molecule has 6 heteroatoms. The monoisotopic (exact) mass is 272 g/mol. The number of phenolic OH excluding ortho intramolecular Hbond substituents is 1. The van der Waals surface area contributed by atoms with E-state index in [1.807, 2.05) is 0 Å². The van der Waals surface area contributed by atoms with Gasteiger partial charge in [0.15, 0.2) is 0 Å². The number of carbonyl (C=O) groups is 1. The van der Waals surface area contributed by atoms with Crippen molar-refractivity contribution in [3.8, 4) is 5.75 Å². The zero-order valence-electron chi connectivity index (χ0n) is 10.7. The summed E-state index contributed by atoms with van der Waals surface area (Å²) >= 11 is 0. The molecule has 2 aromatic carbocycles. The van der Waals surface area contributed by atoms with Crippen molar-refractivity contribution < 1.29 is 14.8 Å². The van der Waals surface area contributed by atoms with Crippen LogP contribution >= 0.6 is 0 Å². The number of amides is 1. The molecule has 0 unspecified atom stereocenters. The lowest BCUT2D eigenvalue weighted by molar-refractivity contribution is -0.384. The molecule has 0 aliphatic rings. The Morgan fingerprint density at radius 1 is 1.20 bits per heavy atom. The maximum Gasteiger partial charge on any atom is 0.269 e. The van der Waals surface area contributed by atoms with E-state index in [2.05, 4.69) is 0 Å². The van der Waals surface area contributed by atoms with Crippen molar-refractivity contribution in [3.63, 3.8) is 0 Å². The van der Waals surface area contributed by atoms with Crippen molar-refractivity contribution in [2.24, 2.45) is 0 Å². The molecular formula is C14H12N2O4. The zero-order valence-corrected chi connectivity index (χ0v) is 10.7. The van der Waals surface area contributed by atoms with Crippen molar-refractivity contribution in [1.82, 2.24) is 0 Å². The Morgan fingerprint density at radius 2 is 1.85 bits per heavy atom. The molecule has 0 spiro atoms. The average molecular weight is 272 g/mol. The highest BCUT2D eigenvalue weighted by atomic mass is 16.6. The lowest BCUT2D eigenvalue weighted by Gasteiger charge is -2.17. The van der Waals surface area contributed by atoms with Crippen LogP contribution in [0.1, 0.15) is 10.4 Å². The summed E-state index contributed by atoms with van der Waals surface area (Å²) in [6.45, 7) is 0. The third-order valence-electron chi connectivity index (χ3n) is 2.85. The number of carbonyl (C=O) groups excluding carboxylic acids is 1. The molecule has 0 saturated carbocycles. The second-order valence-corrected chi connectivity index (χ2v) is 4.19. The lowest BCUT2D eigenvalue weighted by atomic mass is 10.1. The van der Waals surface area contributed by atoms with Gasteiger partial charge < -0.3 is 10.0 Å². The molecular weight excluding hydrogens is 260 g/mol. The molecule has 1 N–H and O–H groups in total. The fourth-order valence-corrected chi connectivity index (χ4v) is 1.74. The van der Waals surface area contributed by atoms with Gasteiger partial charge in [0.25, 0.3) is 11.6 Å². The van der Waals surface area contributed by atoms with E-state index in [-0.39, 0.29) is 17.3 Å². The maximum atomic E-state index is 12.2. The highest BCUT2D eigenvalue weighted by Crippen LogP contribution is 2.21. The molecule has 0 aliphatic carbocycles. The van der Waals surface area contributed by atoms with Crippen LogP contribution in [-0.4, -0.2) is 23.0 Å². The number of non-ortho nitro benzene ring substituents is 1.